The number of amides is 1. The van der Waals surface area contributed by atoms with Gasteiger partial charge in [0.2, 0.25) is 0 Å². The molecular weight excluding hydrogens is 399 g/mol. The van der Waals surface area contributed by atoms with Gasteiger partial charge >= 0.3 is 0 Å². The topological polar surface area (TPSA) is 32.3 Å². The van der Waals surface area contributed by atoms with Crippen molar-refractivity contribution in [2.45, 2.75) is 31.3 Å². The van der Waals surface area contributed by atoms with Crippen molar-refractivity contribution >= 4 is 52.9 Å². The Morgan fingerprint density at radius 3 is 2.60 bits per heavy atom. The molecule has 1 aromatic heterocycles. The van der Waals surface area contributed by atoms with E-state index in [0.717, 1.165) is 18.5 Å². The van der Waals surface area contributed by atoms with E-state index >= 15 is 0 Å². The molecule has 1 N–H and O–H groups in total. The van der Waals surface area contributed by atoms with Gasteiger partial charge in [0.05, 0.1) is 15.9 Å². The Balaban J connectivity index is 0.00000225. The Hall–Kier alpha value is -0.780. The largest absolute Gasteiger partial charge is 0.344 e. The van der Waals surface area contributed by atoms with Gasteiger partial charge in [-0.15, -0.1) is 23.7 Å². The summed E-state index contributed by atoms with van der Waals surface area (Å²) in [4.78, 5) is 15.1. The van der Waals surface area contributed by atoms with Crippen molar-refractivity contribution in [3.8, 4) is 0 Å². The SMILES string of the molecule is CN1CCCC[C@H]1C(NC(=O)c1cc(Cl)sc1Cl)c1ccccc1.Cl. The van der Waals surface area contributed by atoms with Crippen molar-refractivity contribution in [2.24, 2.45) is 0 Å². The van der Waals surface area contributed by atoms with Crippen LogP contribution in [0.15, 0.2) is 36.4 Å². The van der Waals surface area contributed by atoms with Gasteiger partial charge in [-0.05, 0) is 38.1 Å². The third-order valence-corrected chi connectivity index (χ3v) is 6.05. The fraction of sp³-hybridized carbons (Fsp3) is 0.389. The van der Waals surface area contributed by atoms with E-state index in [-0.39, 0.29) is 30.4 Å². The molecule has 3 rings (SSSR count). The Kier molecular flexibility index (Phi) is 7.59. The minimum atomic E-state index is -0.170. The number of hydrogen-bond acceptors (Lipinski definition) is 3. The predicted octanol–water partition coefficient (Wildman–Crippen LogP) is 5.43. The van der Waals surface area contributed by atoms with E-state index in [2.05, 4.69) is 29.4 Å². The first-order valence-electron chi connectivity index (χ1n) is 8.07. The third kappa shape index (κ3) is 4.89. The molecule has 0 spiro atoms. The number of likely N-dealkylation sites (N-methyl/N-ethyl adjacent to an activating group) is 1. The van der Waals surface area contributed by atoms with E-state index in [9.17, 15) is 4.79 Å². The number of halogens is 3. The fourth-order valence-corrected chi connectivity index (χ4v) is 4.76. The Morgan fingerprint density at radius 1 is 1.28 bits per heavy atom. The van der Waals surface area contributed by atoms with Gasteiger partial charge in [0.15, 0.2) is 0 Å². The average Bonchev–Trinajstić information content (AvgIpc) is 2.92. The minimum Gasteiger partial charge on any atom is -0.344 e. The number of rotatable bonds is 4. The van der Waals surface area contributed by atoms with Crippen LogP contribution in [0.2, 0.25) is 8.67 Å². The Labute approximate surface area is 168 Å². The number of hydrogen-bond donors (Lipinski definition) is 1. The summed E-state index contributed by atoms with van der Waals surface area (Å²) in [6.07, 6.45) is 3.45. The molecule has 1 aliphatic rings. The van der Waals surface area contributed by atoms with Crippen molar-refractivity contribution < 1.29 is 4.79 Å². The van der Waals surface area contributed by atoms with Crippen molar-refractivity contribution in [1.29, 1.82) is 0 Å². The summed E-state index contributed by atoms with van der Waals surface area (Å²) in [5.41, 5.74) is 1.56. The second kappa shape index (κ2) is 9.24. The number of carbonyl (C=O) groups excluding carboxylic acids is 1. The maximum absolute atomic E-state index is 12.7. The van der Waals surface area contributed by atoms with Crippen molar-refractivity contribution in [2.75, 3.05) is 13.6 Å². The number of piperidine rings is 1. The lowest BCUT2D eigenvalue weighted by Crippen LogP contribution is -2.47. The van der Waals surface area contributed by atoms with E-state index in [0.29, 0.717) is 14.2 Å². The van der Waals surface area contributed by atoms with E-state index in [1.54, 1.807) is 6.07 Å². The summed E-state index contributed by atoms with van der Waals surface area (Å²) >= 11 is 13.3. The molecule has 0 radical (unpaired) electrons. The standard InChI is InChI=1S/C18H20Cl2N2OS.ClH/c1-22-10-6-5-9-14(22)16(12-7-3-2-4-8-12)21-18(23)13-11-15(19)24-17(13)20;/h2-4,7-8,11,14,16H,5-6,9-10H2,1H3,(H,21,23);1H/t14-,16?;/m0./s1. The van der Waals surface area contributed by atoms with Crippen LogP contribution < -0.4 is 5.32 Å². The molecule has 2 aromatic rings. The molecule has 0 bridgehead atoms. The van der Waals surface area contributed by atoms with Crippen LogP contribution in [-0.4, -0.2) is 30.4 Å². The van der Waals surface area contributed by atoms with Gasteiger partial charge < -0.3 is 10.2 Å². The van der Waals surface area contributed by atoms with E-state index in [1.807, 2.05) is 18.2 Å². The summed E-state index contributed by atoms with van der Waals surface area (Å²) in [6.45, 7) is 1.05. The number of thiophene rings is 1. The zero-order valence-corrected chi connectivity index (χ0v) is 17.0. The normalized spacial score (nSPS) is 19.1. The molecule has 7 heteroatoms. The quantitative estimate of drug-likeness (QED) is 0.716. The molecule has 0 saturated carbocycles. The highest BCUT2D eigenvalue weighted by Crippen LogP contribution is 2.33. The van der Waals surface area contributed by atoms with Gasteiger partial charge in [-0.2, -0.15) is 0 Å². The van der Waals surface area contributed by atoms with Crippen LogP contribution in [0.3, 0.4) is 0 Å². The lowest BCUT2D eigenvalue weighted by atomic mass is 9.91. The molecule has 3 nitrogen and oxygen atoms in total. The summed E-state index contributed by atoms with van der Waals surface area (Å²) in [7, 11) is 2.13. The van der Waals surface area contributed by atoms with Crippen LogP contribution in [0.4, 0.5) is 0 Å². The molecule has 1 aromatic carbocycles. The van der Waals surface area contributed by atoms with Crippen molar-refractivity contribution in [1.82, 2.24) is 10.2 Å². The van der Waals surface area contributed by atoms with Crippen LogP contribution >= 0.6 is 46.9 Å². The molecule has 1 unspecified atom stereocenters. The highest BCUT2D eigenvalue weighted by molar-refractivity contribution is 7.20. The lowest BCUT2D eigenvalue weighted by molar-refractivity contribution is 0.0871. The fourth-order valence-electron chi connectivity index (χ4n) is 3.30. The highest BCUT2D eigenvalue weighted by Gasteiger charge is 2.30. The lowest BCUT2D eigenvalue weighted by Gasteiger charge is -2.38. The number of likely N-dealkylation sites (tertiary alicyclic amines) is 1. The smallest absolute Gasteiger partial charge is 0.254 e. The first kappa shape index (κ1) is 20.5. The van der Waals surface area contributed by atoms with Gasteiger partial charge in [-0.3, -0.25) is 4.79 Å². The number of benzene rings is 1. The monoisotopic (exact) mass is 418 g/mol. The first-order valence-corrected chi connectivity index (χ1v) is 9.64. The predicted molar refractivity (Wildman–Crippen MR) is 109 cm³/mol. The van der Waals surface area contributed by atoms with E-state index in [1.165, 1.54) is 24.2 Å². The summed E-state index contributed by atoms with van der Waals surface area (Å²) < 4.78 is 0.956. The van der Waals surface area contributed by atoms with Crippen LogP contribution in [0.5, 0.6) is 0 Å². The van der Waals surface area contributed by atoms with E-state index in [4.69, 9.17) is 23.2 Å². The van der Waals surface area contributed by atoms with Gasteiger partial charge in [-0.25, -0.2) is 0 Å². The molecular formula is C18H21Cl3N2OS. The maximum Gasteiger partial charge on any atom is 0.254 e. The Bertz CT molecular complexity index is 708. The second-order valence-corrected chi connectivity index (χ2v) is 8.43. The number of nitrogens with zero attached hydrogens (tertiary/aromatic N) is 1. The zero-order valence-electron chi connectivity index (χ0n) is 13.9. The van der Waals surface area contributed by atoms with Gasteiger partial charge in [0.25, 0.3) is 5.91 Å². The highest BCUT2D eigenvalue weighted by atomic mass is 35.5. The Morgan fingerprint density at radius 2 is 2.00 bits per heavy atom. The maximum atomic E-state index is 12.7. The molecule has 2 heterocycles. The van der Waals surface area contributed by atoms with Gasteiger partial charge in [0, 0.05) is 6.04 Å². The van der Waals surface area contributed by atoms with Crippen molar-refractivity contribution in [3.63, 3.8) is 0 Å². The van der Waals surface area contributed by atoms with Crippen molar-refractivity contribution in [3.05, 3.63) is 56.2 Å². The molecule has 1 amide bonds. The van der Waals surface area contributed by atoms with E-state index < -0.39 is 0 Å². The molecule has 1 saturated heterocycles. The molecule has 1 aliphatic heterocycles. The number of nitrogens with one attached hydrogen (secondary N) is 1. The van der Waals surface area contributed by atoms with Crippen LogP contribution in [-0.2, 0) is 0 Å². The zero-order chi connectivity index (χ0) is 17.1. The molecule has 1 fully saturated rings. The molecule has 136 valence electrons. The van der Waals surface area contributed by atoms with Crippen LogP contribution in [0.25, 0.3) is 0 Å². The summed E-state index contributed by atoms with van der Waals surface area (Å²) in [6, 6.07) is 12.0. The van der Waals surface area contributed by atoms with Crippen LogP contribution in [0.1, 0.15) is 41.2 Å². The van der Waals surface area contributed by atoms with Gasteiger partial charge in [-0.1, -0.05) is 60.0 Å². The summed E-state index contributed by atoms with van der Waals surface area (Å²) in [5, 5.41) is 3.19. The molecule has 25 heavy (non-hydrogen) atoms. The van der Waals surface area contributed by atoms with Crippen LogP contribution in [0, 0.1) is 0 Å². The number of carbonyl (C=O) groups is 1. The minimum absolute atomic E-state index is 0. The van der Waals surface area contributed by atoms with Gasteiger partial charge in [0.1, 0.15) is 4.34 Å². The first-order chi connectivity index (χ1) is 11.6. The molecule has 0 aliphatic carbocycles. The molecule has 2 atom stereocenters. The average molecular weight is 420 g/mol. The summed E-state index contributed by atoms with van der Waals surface area (Å²) in [5.74, 6) is -0.170. The second-order valence-electron chi connectivity index (χ2n) is 6.14. The third-order valence-electron chi connectivity index (χ3n) is 4.56.